The van der Waals surface area contributed by atoms with Gasteiger partial charge in [0.15, 0.2) is 11.5 Å². The lowest BCUT2D eigenvalue weighted by Gasteiger charge is -2.30. The maximum atomic E-state index is 13.2. The van der Waals surface area contributed by atoms with Crippen molar-refractivity contribution in [1.82, 2.24) is 0 Å². The SMILES string of the molecule is CC(C)(C)c1cc(C(C)(C)C)c2cc(O[P+](O)(Oc3cc4c(C(C)(C)C)cc(C(C)(C)C)cc4cc3C(C)(C)C)c3ccc(S(=O)[O-])cc3)c(C(C)(C)C)cc2c1. The van der Waals surface area contributed by atoms with E-state index in [0.29, 0.717) is 16.8 Å². The first-order chi connectivity index (χ1) is 25.7. The molecular weight excluding hydrogens is 744 g/mol. The molecule has 0 aliphatic carbocycles. The molecule has 0 saturated heterocycles. The molecule has 0 bridgehead atoms. The Morgan fingerprint density at radius 2 is 0.807 bits per heavy atom. The molecule has 0 aliphatic rings. The van der Waals surface area contributed by atoms with Gasteiger partial charge in [-0.3, -0.25) is 13.3 Å². The van der Waals surface area contributed by atoms with Crippen molar-refractivity contribution in [3.63, 3.8) is 0 Å². The summed E-state index contributed by atoms with van der Waals surface area (Å²) in [5.74, 6) is 1.05. The Morgan fingerprint density at radius 3 is 1.09 bits per heavy atom. The summed E-state index contributed by atoms with van der Waals surface area (Å²) in [5.41, 5.74) is 5.52. The van der Waals surface area contributed by atoms with Gasteiger partial charge >= 0.3 is 7.94 Å². The largest absolute Gasteiger partial charge is 0.768 e. The van der Waals surface area contributed by atoms with Crippen molar-refractivity contribution in [3.8, 4) is 11.5 Å². The van der Waals surface area contributed by atoms with Crippen LogP contribution in [-0.2, 0) is 43.6 Å². The van der Waals surface area contributed by atoms with Crippen molar-refractivity contribution in [2.45, 2.75) is 162 Å². The Hall–Kier alpha value is -3.28. The molecule has 0 aliphatic heterocycles. The van der Waals surface area contributed by atoms with Crippen LogP contribution >= 0.6 is 7.94 Å². The minimum Gasteiger partial charge on any atom is -0.768 e. The fourth-order valence-corrected chi connectivity index (χ4v) is 9.32. The summed E-state index contributed by atoms with van der Waals surface area (Å²) < 4.78 is 38.1. The van der Waals surface area contributed by atoms with E-state index in [1.54, 1.807) is 12.1 Å². The molecule has 5 aromatic rings. The van der Waals surface area contributed by atoms with Gasteiger partial charge in [-0.2, -0.15) is 4.89 Å². The highest BCUT2D eigenvalue weighted by Crippen LogP contribution is 2.59. The maximum Gasteiger partial charge on any atom is 0.533 e. The van der Waals surface area contributed by atoms with Gasteiger partial charge in [-0.15, -0.1) is 0 Å². The molecule has 0 fully saturated rings. The van der Waals surface area contributed by atoms with Gasteiger partial charge in [0.25, 0.3) is 0 Å². The van der Waals surface area contributed by atoms with Gasteiger partial charge < -0.3 is 4.55 Å². The molecule has 1 atom stereocenters. The maximum absolute atomic E-state index is 13.2. The minimum absolute atomic E-state index is 0.0589. The number of benzene rings is 5. The predicted octanol–water partition coefficient (Wildman–Crippen LogP) is 13.6. The van der Waals surface area contributed by atoms with Gasteiger partial charge in [-0.25, -0.2) is 0 Å². The van der Waals surface area contributed by atoms with Gasteiger partial charge in [0, 0.05) is 16.0 Å². The van der Waals surface area contributed by atoms with Crippen molar-refractivity contribution in [1.29, 1.82) is 0 Å². The third-order valence-corrected chi connectivity index (χ3v) is 13.4. The second-order valence-corrected chi connectivity index (χ2v) is 25.0. The highest BCUT2D eigenvalue weighted by molar-refractivity contribution is 7.79. The predicted molar refractivity (Wildman–Crippen MR) is 244 cm³/mol. The first kappa shape index (κ1) is 44.8. The smallest absolute Gasteiger partial charge is 0.533 e. The zero-order valence-corrected chi connectivity index (χ0v) is 39.6. The summed E-state index contributed by atoms with van der Waals surface area (Å²) in [6.07, 6.45) is 0. The van der Waals surface area contributed by atoms with E-state index in [1.165, 1.54) is 34.4 Å². The van der Waals surface area contributed by atoms with Crippen LogP contribution in [0.1, 0.15) is 158 Å². The van der Waals surface area contributed by atoms with E-state index in [9.17, 15) is 13.7 Å². The summed E-state index contributed by atoms with van der Waals surface area (Å²) in [5, 5.41) is 4.70. The van der Waals surface area contributed by atoms with E-state index < -0.39 is 19.0 Å². The Bertz CT molecular complexity index is 2200. The van der Waals surface area contributed by atoms with E-state index >= 15 is 0 Å². The first-order valence-electron chi connectivity index (χ1n) is 20.2. The van der Waals surface area contributed by atoms with Crippen LogP contribution in [-0.4, -0.2) is 13.7 Å². The third-order valence-electron chi connectivity index (χ3n) is 10.9. The molecule has 0 saturated carbocycles. The average Bonchev–Trinajstić information content (AvgIpc) is 3.04. The van der Waals surface area contributed by atoms with Crippen LogP contribution < -0.4 is 14.4 Å². The minimum atomic E-state index is -4.05. The second kappa shape index (κ2) is 14.8. The van der Waals surface area contributed by atoms with Crippen molar-refractivity contribution in [2.24, 2.45) is 0 Å². The van der Waals surface area contributed by atoms with Crippen LogP contribution in [0.2, 0.25) is 0 Å². The molecule has 5 rings (SSSR count). The van der Waals surface area contributed by atoms with Crippen molar-refractivity contribution >= 4 is 45.9 Å². The monoisotopic (exact) mass is 810 g/mol. The second-order valence-electron chi connectivity index (χ2n) is 22.1. The number of rotatable bonds is 6. The summed E-state index contributed by atoms with van der Waals surface area (Å²) in [6, 6.07) is 24.0. The number of fused-ring (bicyclic) bond motifs is 2. The van der Waals surface area contributed by atoms with Crippen molar-refractivity contribution in [3.05, 3.63) is 106 Å². The zero-order chi connectivity index (χ0) is 43.1. The number of hydrogen-bond donors (Lipinski definition) is 1. The quantitative estimate of drug-likeness (QED) is 0.136. The topological polar surface area (TPSA) is 78.8 Å². The first-order valence-corrected chi connectivity index (χ1v) is 22.8. The van der Waals surface area contributed by atoms with Gasteiger partial charge in [-0.1, -0.05) is 149 Å². The summed E-state index contributed by atoms with van der Waals surface area (Å²) in [4.78, 5) is 13.3. The Balaban J connectivity index is 1.85. The molecule has 0 spiro atoms. The molecule has 0 aromatic heterocycles. The molecule has 0 amide bonds. The van der Waals surface area contributed by atoms with Gasteiger partial charge in [0.1, 0.15) is 0 Å². The molecule has 0 radical (unpaired) electrons. The van der Waals surface area contributed by atoms with E-state index in [2.05, 4.69) is 173 Å². The number of hydrogen-bond acceptors (Lipinski definition) is 5. The third kappa shape index (κ3) is 9.62. The molecular formula is C50H67O5PS. The standard InChI is InChI=1S/C50H67O5PS/c1-45(2,3)33-23-31-25-41(49(13,14)15)43(29-37(31)39(27-33)47(7,8)9)54-56(51,35-19-21-36(22-20-35)57(52)53)55-44-30-38-32(26-42(44)50(16,17)18)24-34(46(4,5)6)28-40(38)48(10,11)12/h19-30,51H,1-18H3. The molecule has 5 nitrogen and oxygen atoms in total. The van der Waals surface area contributed by atoms with E-state index in [1.807, 2.05) is 0 Å². The van der Waals surface area contributed by atoms with Gasteiger partial charge in [0.2, 0.25) is 5.30 Å². The van der Waals surface area contributed by atoms with Crippen LogP contribution in [0.25, 0.3) is 21.5 Å². The molecule has 7 heteroatoms. The van der Waals surface area contributed by atoms with Gasteiger partial charge in [0.05, 0.1) is 0 Å². The lowest BCUT2D eigenvalue weighted by Crippen LogP contribution is -2.24. The lowest BCUT2D eigenvalue weighted by molar-refractivity contribution is 0.353. The van der Waals surface area contributed by atoms with Crippen LogP contribution in [0.15, 0.2) is 77.7 Å². The fraction of sp³-hybridized carbons (Fsp3) is 0.480. The van der Waals surface area contributed by atoms with Crippen molar-refractivity contribution < 1.29 is 22.7 Å². The molecule has 308 valence electrons. The van der Waals surface area contributed by atoms with Crippen molar-refractivity contribution in [2.75, 3.05) is 0 Å². The zero-order valence-electron chi connectivity index (χ0n) is 37.9. The fourth-order valence-electron chi connectivity index (χ4n) is 7.35. The Labute approximate surface area is 346 Å². The molecule has 1 N–H and O–H groups in total. The summed E-state index contributed by atoms with van der Waals surface area (Å²) in [7, 11) is -4.05. The molecule has 1 unspecified atom stereocenters. The van der Waals surface area contributed by atoms with E-state index in [4.69, 9.17) is 9.05 Å². The van der Waals surface area contributed by atoms with E-state index in [0.717, 1.165) is 32.7 Å². The van der Waals surface area contributed by atoms with Gasteiger partial charge in [-0.05, 0) is 136 Å². The highest BCUT2D eigenvalue weighted by atomic mass is 32.2. The average molecular weight is 811 g/mol. The molecule has 0 heterocycles. The van der Waals surface area contributed by atoms with Crippen LogP contribution in [0, 0.1) is 0 Å². The molecule has 5 aromatic carbocycles. The normalized spacial score (nSPS) is 14.3. The van der Waals surface area contributed by atoms with E-state index in [-0.39, 0.29) is 37.4 Å². The highest BCUT2D eigenvalue weighted by Gasteiger charge is 2.50. The lowest BCUT2D eigenvalue weighted by atomic mass is 9.76. The molecule has 57 heavy (non-hydrogen) atoms. The summed E-state index contributed by atoms with van der Waals surface area (Å²) >= 11 is -2.44. The van der Waals surface area contributed by atoms with Crippen LogP contribution in [0.5, 0.6) is 11.5 Å². The van der Waals surface area contributed by atoms with Crippen LogP contribution in [0.4, 0.5) is 0 Å². The Morgan fingerprint density at radius 1 is 0.474 bits per heavy atom. The van der Waals surface area contributed by atoms with Crippen LogP contribution in [0.3, 0.4) is 0 Å². The Kier molecular flexibility index (Phi) is 11.6. The summed E-state index contributed by atoms with van der Waals surface area (Å²) in [6.45, 7) is 39.7.